The number of ether oxygens (including phenoxy) is 1. The van der Waals surface area contributed by atoms with Crippen LogP contribution < -0.4 is 5.73 Å². The molecule has 1 rings (SSSR count). The Labute approximate surface area is 139 Å². The highest BCUT2D eigenvalue weighted by molar-refractivity contribution is 14.0. The predicted octanol–water partition coefficient (Wildman–Crippen LogP) is 2.53. The van der Waals surface area contributed by atoms with Crippen molar-refractivity contribution in [3.8, 4) is 0 Å². The first-order valence-electron chi connectivity index (χ1n) is 7.35. The Morgan fingerprint density at radius 1 is 1.15 bits per heavy atom. The van der Waals surface area contributed by atoms with Crippen molar-refractivity contribution in [1.82, 2.24) is 4.90 Å². The van der Waals surface area contributed by atoms with Crippen LogP contribution in [0.2, 0.25) is 0 Å². The fraction of sp³-hybridized carbons (Fsp3) is 0.857. The highest BCUT2D eigenvalue weighted by Crippen LogP contribution is 2.08. The summed E-state index contributed by atoms with van der Waals surface area (Å²) in [6.45, 7) is 2.89. The third-order valence-corrected chi connectivity index (χ3v) is 3.47. The number of piperidine rings is 1. The summed E-state index contributed by atoms with van der Waals surface area (Å²) in [4.78, 5) is 17.5. The number of aliphatic imine (C=N–C) groups is 1. The SMILES string of the molecule is COC(=O)CCCCCCN=C(N)N1CCCCC1.I. The summed E-state index contributed by atoms with van der Waals surface area (Å²) in [5, 5.41) is 0. The number of carbonyl (C=O) groups is 1. The van der Waals surface area contributed by atoms with Crippen molar-refractivity contribution in [2.75, 3.05) is 26.7 Å². The maximum atomic E-state index is 10.9. The minimum absolute atomic E-state index is 0. The van der Waals surface area contributed by atoms with E-state index in [-0.39, 0.29) is 29.9 Å². The molecule has 1 fully saturated rings. The van der Waals surface area contributed by atoms with Gasteiger partial charge < -0.3 is 15.4 Å². The second-order valence-corrected chi connectivity index (χ2v) is 5.03. The topological polar surface area (TPSA) is 67.9 Å². The minimum Gasteiger partial charge on any atom is -0.469 e. The van der Waals surface area contributed by atoms with E-state index in [0.29, 0.717) is 12.4 Å². The molecule has 118 valence electrons. The normalized spacial score (nSPS) is 15.7. The smallest absolute Gasteiger partial charge is 0.305 e. The summed E-state index contributed by atoms with van der Waals surface area (Å²) in [5.41, 5.74) is 5.96. The Kier molecular flexibility index (Phi) is 11.9. The van der Waals surface area contributed by atoms with E-state index < -0.39 is 0 Å². The molecule has 0 aliphatic carbocycles. The van der Waals surface area contributed by atoms with Gasteiger partial charge in [0.1, 0.15) is 0 Å². The van der Waals surface area contributed by atoms with Crippen LogP contribution in [-0.4, -0.2) is 43.6 Å². The van der Waals surface area contributed by atoms with Crippen LogP contribution in [-0.2, 0) is 9.53 Å². The highest BCUT2D eigenvalue weighted by atomic mass is 127. The number of esters is 1. The monoisotopic (exact) mass is 397 g/mol. The van der Waals surface area contributed by atoms with Crippen LogP contribution in [0.4, 0.5) is 0 Å². The molecule has 0 aromatic carbocycles. The maximum Gasteiger partial charge on any atom is 0.305 e. The van der Waals surface area contributed by atoms with Crippen LogP contribution in [0, 0.1) is 0 Å². The second kappa shape index (κ2) is 12.2. The molecule has 0 spiro atoms. The standard InChI is InChI=1S/C14H27N3O2.HI/c1-19-13(18)9-5-2-3-6-10-16-14(15)17-11-7-4-8-12-17;/h2-12H2,1H3,(H2,15,16);1H. The Morgan fingerprint density at radius 2 is 1.80 bits per heavy atom. The lowest BCUT2D eigenvalue weighted by Gasteiger charge is -2.27. The lowest BCUT2D eigenvalue weighted by Crippen LogP contribution is -2.40. The quantitative estimate of drug-likeness (QED) is 0.236. The molecule has 0 aromatic rings. The number of likely N-dealkylation sites (tertiary alicyclic amines) is 1. The lowest BCUT2D eigenvalue weighted by atomic mass is 10.1. The molecule has 1 heterocycles. The van der Waals surface area contributed by atoms with Gasteiger partial charge in [0.05, 0.1) is 7.11 Å². The highest BCUT2D eigenvalue weighted by Gasteiger charge is 2.11. The van der Waals surface area contributed by atoms with E-state index in [9.17, 15) is 4.79 Å². The number of methoxy groups -OCH3 is 1. The lowest BCUT2D eigenvalue weighted by molar-refractivity contribution is -0.140. The molecule has 5 nitrogen and oxygen atoms in total. The molecule has 0 unspecified atom stereocenters. The van der Waals surface area contributed by atoms with Crippen molar-refractivity contribution in [3.05, 3.63) is 0 Å². The number of hydrogen-bond acceptors (Lipinski definition) is 3. The first kappa shape index (κ1) is 19.5. The fourth-order valence-corrected chi connectivity index (χ4v) is 2.25. The zero-order valence-electron chi connectivity index (χ0n) is 12.5. The zero-order valence-corrected chi connectivity index (χ0v) is 14.8. The van der Waals surface area contributed by atoms with E-state index in [0.717, 1.165) is 45.3 Å². The predicted molar refractivity (Wildman–Crippen MR) is 92.4 cm³/mol. The van der Waals surface area contributed by atoms with E-state index in [1.807, 2.05) is 0 Å². The molecule has 6 heteroatoms. The molecule has 2 N–H and O–H groups in total. The average Bonchev–Trinajstić information content (AvgIpc) is 2.46. The molecular formula is C14H28IN3O2. The van der Waals surface area contributed by atoms with Crippen LogP contribution in [0.1, 0.15) is 51.4 Å². The number of nitrogens with two attached hydrogens (primary N) is 1. The largest absolute Gasteiger partial charge is 0.469 e. The van der Waals surface area contributed by atoms with Gasteiger partial charge in [-0.2, -0.15) is 0 Å². The van der Waals surface area contributed by atoms with E-state index in [2.05, 4.69) is 14.6 Å². The van der Waals surface area contributed by atoms with Gasteiger partial charge in [-0.25, -0.2) is 0 Å². The second-order valence-electron chi connectivity index (χ2n) is 5.03. The Bertz CT molecular complexity index is 292. The average molecular weight is 397 g/mol. The van der Waals surface area contributed by atoms with Gasteiger partial charge in [0.15, 0.2) is 5.96 Å². The molecule has 0 amide bonds. The van der Waals surface area contributed by atoms with Crippen molar-refractivity contribution >= 4 is 35.9 Å². The van der Waals surface area contributed by atoms with Gasteiger partial charge in [-0.15, -0.1) is 24.0 Å². The van der Waals surface area contributed by atoms with Gasteiger partial charge in [-0.1, -0.05) is 12.8 Å². The van der Waals surface area contributed by atoms with Crippen LogP contribution in [0.15, 0.2) is 4.99 Å². The summed E-state index contributed by atoms with van der Waals surface area (Å²) in [6, 6.07) is 0. The maximum absolute atomic E-state index is 10.9. The third kappa shape index (κ3) is 8.60. The number of carbonyl (C=O) groups excluding carboxylic acids is 1. The van der Waals surface area contributed by atoms with Crippen molar-refractivity contribution < 1.29 is 9.53 Å². The molecule has 0 atom stereocenters. The van der Waals surface area contributed by atoms with E-state index in [1.165, 1.54) is 26.4 Å². The summed E-state index contributed by atoms with van der Waals surface area (Å²) in [6.07, 6.45) is 8.36. The first-order valence-corrected chi connectivity index (χ1v) is 7.35. The number of hydrogen-bond donors (Lipinski definition) is 1. The molecule has 1 saturated heterocycles. The van der Waals surface area contributed by atoms with Crippen molar-refractivity contribution in [2.24, 2.45) is 10.7 Å². The van der Waals surface area contributed by atoms with E-state index in [1.54, 1.807) is 0 Å². The first-order chi connectivity index (χ1) is 9.24. The molecule has 0 aromatic heterocycles. The van der Waals surface area contributed by atoms with Crippen molar-refractivity contribution in [1.29, 1.82) is 0 Å². The molecule has 0 radical (unpaired) electrons. The number of unbranched alkanes of at least 4 members (excludes halogenated alkanes) is 3. The minimum atomic E-state index is -0.118. The van der Waals surface area contributed by atoms with E-state index in [4.69, 9.17) is 5.73 Å². The summed E-state index contributed by atoms with van der Waals surface area (Å²) in [5.74, 6) is 0.585. The summed E-state index contributed by atoms with van der Waals surface area (Å²) < 4.78 is 4.59. The number of rotatable bonds is 7. The van der Waals surface area contributed by atoms with Crippen molar-refractivity contribution in [3.63, 3.8) is 0 Å². The van der Waals surface area contributed by atoms with Gasteiger partial charge in [0.25, 0.3) is 0 Å². The summed E-state index contributed by atoms with van der Waals surface area (Å²) >= 11 is 0. The van der Waals surface area contributed by atoms with Crippen LogP contribution in [0.3, 0.4) is 0 Å². The van der Waals surface area contributed by atoms with E-state index >= 15 is 0 Å². The third-order valence-electron chi connectivity index (χ3n) is 3.47. The molecule has 1 aliphatic heterocycles. The van der Waals surface area contributed by atoms with Gasteiger partial charge in [-0.3, -0.25) is 9.79 Å². The summed E-state index contributed by atoms with van der Waals surface area (Å²) in [7, 11) is 1.43. The van der Waals surface area contributed by atoms with Crippen LogP contribution in [0.25, 0.3) is 0 Å². The van der Waals surface area contributed by atoms with Crippen LogP contribution in [0.5, 0.6) is 0 Å². The Hall–Kier alpha value is -0.530. The Morgan fingerprint density at radius 3 is 2.45 bits per heavy atom. The molecule has 0 bridgehead atoms. The van der Waals surface area contributed by atoms with Crippen LogP contribution >= 0.6 is 24.0 Å². The molecule has 1 aliphatic rings. The number of halogens is 1. The number of nitrogens with zero attached hydrogens (tertiary/aromatic N) is 2. The van der Waals surface area contributed by atoms with Gasteiger partial charge in [0, 0.05) is 26.1 Å². The van der Waals surface area contributed by atoms with Gasteiger partial charge in [-0.05, 0) is 32.1 Å². The Balaban J connectivity index is 0.00000361. The van der Waals surface area contributed by atoms with Gasteiger partial charge in [0.2, 0.25) is 0 Å². The van der Waals surface area contributed by atoms with Crippen molar-refractivity contribution in [2.45, 2.75) is 51.4 Å². The molecular weight excluding hydrogens is 369 g/mol. The zero-order chi connectivity index (χ0) is 13.9. The molecule has 0 saturated carbocycles. The fourth-order valence-electron chi connectivity index (χ4n) is 2.25. The number of guanidine groups is 1. The van der Waals surface area contributed by atoms with Gasteiger partial charge >= 0.3 is 5.97 Å². The molecule has 20 heavy (non-hydrogen) atoms.